The molecule has 1 atom stereocenters. The Morgan fingerprint density at radius 2 is 1.45 bits per heavy atom. The lowest BCUT2D eigenvalue weighted by molar-refractivity contribution is -0.0176. The van der Waals surface area contributed by atoms with Crippen molar-refractivity contribution in [3.05, 3.63) is 0 Å². The number of fused-ring (bicyclic) bond motifs is 2. The summed E-state index contributed by atoms with van der Waals surface area (Å²) in [5.41, 5.74) is 1.62. The monoisotopic (exact) mass is 310 g/mol. The molecule has 0 heterocycles. The second-order valence-corrected chi connectivity index (χ2v) is 10.8. The minimum absolute atomic E-state index is 0.170. The van der Waals surface area contributed by atoms with Crippen LogP contribution in [0.4, 0.5) is 0 Å². The molecular formula is C20H38O2. The summed E-state index contributed by atoms with van der Waals surface area (Å²) in [4.78, 5) is 0. The Kier molecular flexibility index (Phi) is 5.06. The summed E-state index contributed by atoms with van der Waals surface area (Å²) in [5.74, 6) is 0. The first-order valence-corrected chi connectivity index (χ1v) is 9.19. The van der Waals surface area contributed by atoms with Crippen molar-refractivity contribution in [1.82, 2.24) is 0 Å². The highest BCUT2D eigenvalue weighted by Crippen LogP contribution is 2.64. The maximum absolute atomic E-state index is 10.1. The highest BCUT2D eigenvalue weighted by molar-refractivity contribution is 5.05. The zero-order valence-electron chi connectivity index (χ0n) is 15.8. The van der Waals surface area contributed by atoms with E-state index in [2.05, 4.69) is 41.5 Å². The average molecular weight is 311 g/mol. The van der Waals surface area contributed by atoms with Gasteiger partial charge in [0.2, 0.25) is 0 Å². The summed E-state index contributed by atoms with van der Waals surface area (Å²) in [6.45, 7) is 15.0. The van der Waals surface area contributed by atoms with Crippen molar-refractivity contribution in [2.45, 2.75) is 92.6 Å². The van der Waals surface area contributed by atoms with Crippen LogP contribution in [0, 0.1) is 21.7 Å². The maximum Gasteiger partial charge on any atom is 0.0778 e. The fraction of sp³-hybridized carbons (Fsp3) is 1.00. The van der Waals surface area contributed by atoms with Gasteiger partial charge in [-0.25, -0.2) is 0 Å². The quantitative estimate of drug-likeness (QED) is 0.732. The van der Waals surface area contributed by atoms with Crippen molar-refractivity contribution in [3.8, 4) is 0 Å². The number of hydrogen-bond acceptors (Lipinski definition) is 2. The predicted octanol–water partition coefficient (Wildman–Crippen LogP) is 5.19. The van der Waals surface area contributed by atoms with Crippen LogP contribution in [-0.4, -0.2) is 24.4 Å². The van der Waals surface area contributed by atoms with E-state index in [-0.39, 0.29) is 11.5 Å². The lowest BCUT2D eigenvalue weighted by Gasteiger charge is -2.33. The molecule has 2 aliphatic carbocycles. The van der Waals surface area contributed by atoms with Gasteiger partial charge in [0.1, 0.15) is 0 Å². The molecule has 2 aliphatic rings. The second kappa shape index (κ2) is 6.09. The first kappa shape index (κ1) is 18.3. The van der Waals surface area contributed by atoms with E-state index in [0.29, 0.717) is 22.9 Å². The van der Waals surface area contributed by atoms with Crippen LogP contribution in [-0.2, 0) is 4.74 Å². The van der Waals surface area contributed by atoms with Crippen LogP contribution in [0.15, 0.2) is 0 Å². The fourth-order valence-corrected chi connectivity index (χ4v) is 5.20. The Labute approximate surface area is 138 Å². The second-order valence-electron chi connectivity index (χ2n) is 10.8. The molecule has 0 radical (unpaired) electrons. The summed E-state index contributed by atoms with van der Waals surface area (Å²) < 4.78 is 5.97. The Morgan fingerprint density at radius 3 is 1.95 bits per heavy atom. The van der Waals surface area contributed by atoms with Crippen molar-refractivity contribution in [2.24, 2.45) is 21.7 Å². The van der Waals surface area contributed by atoms with Crippen LogP contribution in [0.5, 0.6) is 0 Å². The molecule has 130 valence electrons. The first-order valence-electron chi connectivity index (χ1n) is 9.19. The van der Waals surface area contributed by atoms with Crippen LogP contribution >= 0.6 is 0 Å². The molecule has 22 heavy (non-hydrogen) atoms. The van der Waals surface area contributed by atoms with Gasteiger partial charge < -0.3 is 9.84 Å². The summed E-state index contributed by atoms with van der Waals surface area (Å²) in [6.07, 6.45) is 8.64. The highest BCUT2D eigenvalue weighted by atomic mass is 16.5. The number of aliphatic hydroxyl groups is 1. The van der Waals surface area contributed by atoms with Gasteiger partial charge in [-0.2, -0.15) is 0 Å². The van der Waals surface area contributed by atoms with Crippen molar-refractivity contribution in [3.63, 3.8) is 0 Å². The molecule has 2 rings (SSSR count). The van der Waals surface area contributed by atoms with Gasteiger partial charge in [-0.1, -0.05) is 41.5 Å². The largest absolute Gasteiger partial charge is 0.391 e. The predicted molar refractivity (Wildman–Crippen MR) is 92.9 cm³/mol. The number of rotatable bonds is 6. The highest BCUT2D eigenvalue weighted by Gasteiger charge is 2.54. The van der Waals surface area contributed by atoms with Gasteiger partial charge in [-0.05, 0) is 66.6 Å². The average Bonchev–Trinajstić information content (AvgIpc) is 2.79. The minimum atomic E-state index is -0.321. The maximum atomic E-state index is 10.1. The molecule has 2 saturated carbocycles. The Bertz CT molecular complexity index is 364. The number of hydrogen-bond donors (Lipinski definition) is 1. The van der Waals surface area contributed by atoms with E-state index in [0.717, 1.165) is 13.0 Å². The van der Waals surface area contributed by atoms with E-state index in [4.69, 9.17) is 4.74 Å². The molecule has 0 amide bonds. The molecule has 2 nitrogen and oxygen atoms in total. The van der Waals surface area contributed by atoms with Crippen molar-refractivity contribution in [2.75, 3.05) is 13.2 Å². The standard InChI is InChI=1S/C20H38O2/c1-17(2,3)11-16(21)12-22-15-20-9-7-19(14-20,8-10-20)13-18(4,5)6/h16,21H,7-15H2,1-6H3. The Morgan fingerprint density at radius 1 is 0.909 bits per heavy atom. The molecule has 2 bridgehead atoms. The summed E-state index contributed by atoms with van der Waals surface area (Å²) in [6, 6.07) is 0. The van der Waals surface area contributed by atoms with Gasteiger partial charge in [0.15, 0.2) is 0 Å². The van der Waals surface area contributed by atoms with Crippen LogP contribution in [0.3, 0.4) is 0 Å². The molecule has 0 aliphatic heterocycles. The lowest BCUT2D eigenvalue weighted by Crippen LogP contribution is -2.27. The Balaban J connectivity index is 1.78. The topological polar surface area (TPSA) is 29.5 Å². The molecule has 1 N–H and O–H groups in total. The zero-order chi connectivity index (χ0) is 16.6. The molecule has 0 saturated heterocycles. The van der Waals surface area contributed by atoms with Crippen LogP contribution in [0.2, 0.25) is 0 Å². The van der Waals surface area contributed by atoms with Crippen LogP contribution < -0.4 is 0 Å². The fourth-order valence-electron chi connectivity index (χ4n) is 5.20. The SMILES string of the molecule is CC(C)(C)CC(O)COCC12CCC(CC(C)(C)C)(CC1)C2. The molecule has 0 aromatic carbocycles. The normalized spacial score (nSPS) is 33.4. The van der Waals surface area contributed by atoms with Gasteiger partial charge in [0, 0.05) is 0 Å². The van der Waals surface area contributed by atoms with Gasteiger partial charge in [-0.15, -0.1) is 0 Å². The van der Waals surface area contributed by atoms with Gasteiger partial charge in [0.25, 0.3) is 0 Å². The van der Waals surface area contributed by atoms with Gasteiger partial charge in [-0.3, -0.25) is 0 Å². The molecule has 0 spiro atoms. The molecule has 1 unspecified atom stereocenters. The van der Waals surface area contributed by atoms with E-state index in [1.807, 2.05) is 0 Å². The van der Waals surface area contributed by atoms with E-state index >= 15 is 0 Å². The Hall–Kier alpha value is -0.0800. The van der Waals surface area contributed by atoms with Crippen molar-refractivity contribution in [1.29, 1.82) is 0 Å². The van der Waals surface area contributed by atoms with E-state index in [1.54, 1.807) is 0 Å². The van der Waals surface area contributed by atoms with Gasteiger partial charge in [0.05, 0.1) is 19.3 Å². The van der Waals surface area contributed by atoms with Gasteiger partial charge >= 0.3 is 0 Å². The van der Waals surface area contributed by atoms with E-state index in [9.17, 15) is 5.11 Å². The molecule has 2 heteroatoms. The number of aliphatic hydroxyl groups excluding tert-OH is 1. The summed E-state index contributed by atoms with van der Waals surface area (Å²) in [5, 5.41) is 10.1. The summed E-state index contributed by atoms with van der Waals surface area (Å²) in [7, 11) is 0. The van der Waals surface area contributed by atoms with Crippen molar-refractivity contribution < 1.29 is 9.84 Å². The molecular weight excluding hydrogens is 272 g/mol. The zero-order valence-corrected chi connectivity index (χ0v) is 15.8. The molecule has 2 fully saturated rings. The lowest BCUT2D eigenvalue weighted by atomic mass is 9.72. The smallest absolute Gasteiger partial charge is 0.0778 e. The molecule has 0 aromatic heterocycles. The van der Waals surface area contributed by atoms with Crippen LogP contribution in [0.25, 0.3) is 0 Å². The van der Waals surface area contributed by atoms with Crippen molar-refractivity contribution >= 4 is 0 Å². The minimum Gasteiger partial charge on any atom is -0.391 e. The third kappa shape index (κ3) is 4.96. The molecule has 0 aromatic rings. The third-order valence-electron chi connectivity index (χ3n) is 5.59. The van der Waals surface area contributed by atoms with E-state index < -0.39 is 0 Å². The first-order chi connectivity index (χ1) is 9.93. The summed E-state index contributed by atoms with van der Waals surface area (Å²) >= 11 is 0. The number of ether oxygens (including phenoxy) is 1. The van der Waals surface area contributed by atoms with Crippen LogP contribution in [0.1, 0.15) is 86.5 Å². The van der Waals surface area contributed by atoms with E-state index in [1.165, 1.54) is 38.5 Å². The third-order valence-corrected chi connectivity index (χ3v) is 5.59.